The molecule has 0 aliphatic heterocycles. The van der Waals surface area contributed by atoms with Gasteiger partial charge < -0.3 is 15.3 Å². The van der Waals surface area contributed by atoms with E-state index in [0.29, 0.717) is 38.0 Å². The normalized spacial score (nSPS) is 31.7. The third-order valence-electron chi connectivity index (χ3n) is 6.94. The summed E-state index contributed by atoms with van der Waals surface area (Å²) in [5.41, 5.74) is 0. The van der Waals surface area contributed by atoms with Gasteiger partial charge in [0.05, 0.1) is 18.1 Å². The van der Waals surface area contributed by atoms with Crippen LogP contribution < -0.4 is 0 Å². The number of aliphatic hydroxyl groups is 2. The lowest BCUT2D eigenvalue weighted by Gasteiger charge is -2.26. The van der Waals surface area contributed by atoms with Gasteiger partial charge in [-0.15, -0.1) is 0 Å². The van der Waals surface area contributed by atoms with Crippen molar-refractivity contribution in [2.24, 2.45) is 29.6 Å². The Hall–Kier alpha value is -1.53. The van der Waals surface area contributed by atoms with Crippen LogP contribution >= 0.6 is 0 Å². The summed E-state index contributed by atoms with van der Waals surface area (Å²) in [5, 5.41) is 29.7. The van der Waals surface area contributed by atoms with Gasteiger partial charge in [0.2, 0.25) is 0 Å². The van der Waals surface area contributed by atoms with Crippen LogP contribution in [0.5, 0.6) is 0 Å². The molecule has 2 rings (SSSR count). The van der Waals surface area contributed by atoms with Crippen molar-refractivity contribution in [3.63, 3.8) is 0 Å². The Bertz CT molecular complexity index is 619. The molecule has 2 fully saturated rings. The number of Topliss-reactive ketones (excluding diaryl/α,β-unsaturated/α-hetero) is 2. The minimum absolute atomic E-state index is 0.00146. The summed E-state index contributed by atoms with van der Waals surface area (Å²) < 4.78 is 0. The van der Waals surface area contributed by atoms with Crippen LogP contribution in [0.25, 0.3) is 0 Å². The molecule has 0 aromatic heterocycles. The average molecular weight is 423 g/mol. The van der Waals surface area contributed by atoms with E-state index in [4.69, 9.17) is 5.11 Å². The van der Waals surface area contributed by atoms with E-state index in [9.17, 15) is 24.6 Å². The maximum Gasteiger partial charge on any atom is 0.306 e. The number of carboxylic acids is 1. The lowest BCUT2D eigenvalue weighted by Crippen LogP contribution is -2.29. The van der Waals surface area contributed by atoms with Gasteiger partial charge in [0, 0.05) is 30.6 Å². The molecule has 30 heavy (non-hydrogen) atoms. The van der Waals surface area contributed by atoms with Crippen LogP contribution in [0, 0.1) is 29.6 Å². The third kappa shape index (κ3) is 7.02. The summed E-state index contributed by atoms with van der Waals surface area (Å²) in [5.74, 6) is -2.07. The Morgan fingerprint density at radius 2 is 1.80 bits per heavy atom. The van der Waals surface area contributed by atoms with Crippen LogP contribution in [0.3, 0.4) is 0 Å². The Morgan fingerprint density at radius 3 is 2.40 bits per heavy atom. The van der Waals surface area contributed by atoms with Gasteiger partial charge in [0.15, 0.2) is 0 Å². The van der Waals surface area contributed by atoms with Crippen LogP contribution in [0.1, 0.15) is 78.1 Å². The molecule has 2 aliphatic carbocycles. The van der Waals surface area contributed by atoms with E-state index in [-0.39, 0.29) is 36.2 Å². The van der Waals surface area contributed by atoms with E-state index in [0.717, 1.165) is 19.3 Å². The first-order valence-electron chi connectivity index (χ1n) is 11.6. The van der Waals surface area contributed by atoms with Crippen LogP contribution in [0.4, 0.5) is 0 Å². The Labute approximate surface area is 179 Å². The van der Waals surface area contributed by atoms with Crippen molar-refractivity contribution in [3.8, 4) is 0 Å². The highest BCUT2D eigenvalue weighted by Gasteiger charge is 2.42. The molecular formula is C24H38O6. The minimum Gasteiger partial charge on any atom is -0.481 e. The SMILES string of the molecule is CCCC[C@H](C)C[C@H](O)/C=C/[C@@H]1[C@H](O)CC(=O)[C@@H]1CC(=O)C1CCC(C(=O)O)CC1. The smallest absolute Gasteiger partial charge is 0.306 e. The second kappa shape index (κ2) is 11.8. The maximum absolute atomic E-state index is 12.8. The van der Waals surface area contributed by atoms with Gasteiger partial charge in [-0.1, -0.05) is 45.3 Å². The number of hydrogen-bond acceptors (Lipinski definition) is 5. The highest BCUT2D eigenvalue weighted by atomic mass is 16.4. The quantitative estimate of drug-likeness (QED) is 0.439. The summed E-state index contributed by atoms with van der Waals surface area (Å²) in [6.07, 6.45) is 8.15. The van der Waals surface area contributed by atoms with Crippen molar-refractivity contribution in [2.45, 2.75) is 90.3 Å². The van der Waals surface area contributed by atoms with Crippen LogP contribution in [0.2, 0.25) is 0 Å². The molecule has 0 aromatic carbocycles. The number of unbranched alkanes of at least 4 members (excludes halogenated alkanes) is 1. The summed E-state index contributed by atoms with van der Waals surface area (Å²) in [6, 6.07) is 0. The zero-order valence-electron chi connectivity index (χ0n) is 18.3. The highest BCUT2D eigenvalue weighted by molar-refractivity contribution is 5.91. The fraction of sp³-hybridized carbons (Fsp3) is 0.792. The molecule has 3 N–H and O–H groups in total. The van der Waals surface area contributed by atoms with E-state index < -0.39 is 30.0 Å². The topological polar surface area (TPSA) is 112 Å². The Morgan fingerprint density at radius 1 is 1.17 bits per heavy atom. The molecule has 0 radical (unpaired) electrons. The maximum atomic E-state index is 12.8. The van der Waals surface area contributed by atoms with Crippen LogP contribution in [-0.4, -0.2) is 45.1 Å². The molecule has 0 spiro atoms. The molecule has 2 aliphatic rings. The lowest BCUT2D eigenvalue weighted by atomic mass is 9.77. The predicted molar refractivity (Wildman–Crippen MR) is 114 cm³/mol. The van der Waals surface area contributed by atoms with Gasteiger partial charge in [0.25, 0.3) is 0 Å². The average Bonchev–Trinajstić information content (AvgIpc) is 2.97. The zero-order chi connectivity index (χ0) is 22.3. The highest BCUT2D eigenvalue weighted by Crippen LogP contribution is 2.36. The molecule has 0 saturated heterocycles. The largest absolute Gasteiger partial charge is 0.481 e. The van der Waals surface area contributed by atoms with Gasteiger partial charge >= 0.3 is 5.97 Å². The first kappa shape index (κ1) is 24.7. The van der Waals surface area contributed by atoms with Crippen molar-refractivity contribution >= 4 is 17.5 Å². The molecule has 0 heterocycles. The number of aliphatic hydroxyl groups excluding tert-OH is 2. The third-order valence-corrected chi connectivity index (χ3v) is 6.94. The molecule has 170 valence electrons. The van der Waals surface area contributed by atoms with Gasteiger partial charge in [-0.2, -0.15) is 0 Å². The number of carbonyl (C=O) groups excluding carboxylic acids is 2. The van der Waals surface area contributed by atoms with Gasteiger partial charge in [-0.3, -0.25) is 14.4 Å². The molecule has 2 saturated carbocycles. The second-order valence-electron chi connectivity index (χ2n) is 9.41. The summed E-state index contributed by atoms with van der Waals surface area (Å²) in [6.45, 7) is 4.25. The number of carboxylic acid groups (broad SMARTS) is 1. The number of hydrogen-bond donors (Lipinski definition) is 3. The number of carbonyl (C=O) groups is 3. The summed E-state index contributed by atoms with van der Waals surface area (Å²) >= 11 is 0. The van der Waals surface area contributed by atoms with E-state index >= 15 is 0 Å². The van der Waals surface area contributed by atoms with Crippen LogP contribution in [0.15, 0.2) is 12.2 Å². The fourth-order valence-corrected chi connectivity index (χ4v) is 4.95. The first-order valence-corrected chi connectivity index (χ1v) is 11.6. The van der Waals surface area contributed by atoms with Crippen molar-refractivity contribution < 1.29 is 29.7 Å². The zero-order valence-corrected chi connectivity index (χ0v) is 18.3. The molecule has 5 atom stereocenters. The predicted octanol–water partition coefficient (Wildman–Crippen LogP) is 3.54. The molecular weight excluding hydrogens is 384 g/mol. The van der Waals surface area contributed by atoms with Crippen LogP contribution in [-0.2, 0) is 14.4 Å². The fourth-order valence-electron chi connectivity index (χ4n) is 4.95. The lowest BCUT2D eigenvalue weighted by molar-refractivity contribution is -0.144. The Kier molecular flexibility index (Phi) is 9.69. The standard InChI is InChI=1S/C24H38O6/c1-3-4-5-15(2)12-18(25)10-11-19-20(23(28)14-22(19)27)13-21(26)16-6-8-17(9-7-16)24(29)30/h10-11,15-20,22,25,27H,3-9,12-14H2,1-2H3,(H,29,30)/b11-10+/t15-,16?,17?,18+,19-,20+,22+/m0/s1. The molecule has 0 amide bonds. The van der Waals surface area contributed by atoms with Gasteiger partial charge in [-0.05, 0) is 38.0 Å². The van der Waals surface area contributed by atoms with E-state index in [1.165, 1.54) is 0 Å². The van der Waals surface area contributed by atoms with Crippen molar-refractivity contribution in [3.05, 3.63) is 12.2 Å². The van der Waals surface area contributed by atoms with E-state index in [2.05, 4.69) is 13.8 Å². The molecule has 0 bridgehead atoms. The monoisotopic (exact) mass is 422 g/mol. The van der Waals surface area contributed by atoms with E-state index in [1.807, 2.05) is 0 Å². The van der Waals surface area contributed by atoms with Gasteiger partial charge in [0.1, 0.15) is 11.6 Å². The second-order valence-corrected chi connectivity index (χ2v) is 9.41. The van der Waals surface area contributed by atoms with Crippen molar-refractivity contribution in [1.29, 1.82) is 0 Å². The molecule has 6 heteroatoms. The first-order chi connectivity index (χ1) is 14.2. The van der Waals surface area contributed by atoms with Crippen molar-refractivity contribution in [2.75, 3.05) is 0 Å². The number of aliphatic carboxylic acids is 1. The molecule has 0 aromatic rings. The van der Waals surface area contributed by atoms with Gasteiger partial charge in [-0.25, -0.2) is 0 Å². The molecule has 6 nitrogen and oxygen atoms in total. The summed E-state index contributed by atoms with van der Waals surface area (Å²) in [4.78, 5) is 36.3. The van der Waals surface area contributed by atoms with Crippen molar-refractivity contribution in [1.82, 2.24) is 0 Å². The number of ketones is 2. The minimum atomic E-state index is -0.820. The summed E-state index contributed by atoms with van der Waals surface area (Å²) in [7, 11) is 0. The van der Waals surface area contributed by atoms with E-state index in [1.54, 1.807) is 12.2 Å². The molecule has 0 unspecified atom stereocenters. The number of rotatable bonds is 11. The Balaban J connectivity index is 1.91.